The minimum absolute atomic E-state index is 0.201. The summed E-state index contributed by atoms with van der Waals surface area (Å²) >= 11 is 5.77. The molecule has 3 saturated heterocycles. The molecule has 3 aliphatic rings. The maximum absolute atomic E-state index is 12.8. The molecule has 0 radical (unpaired) electrons. The van der Waals surface area contributed by atoms with Gasteiger partial charge in [-0.15, -0.1) is 0 Å². The Balaban J connectivity index is 1.37. The molecule has 7 heteroatoms. The van der Waals surface area contributed by atoms with Crippen LogP contribution in [0.25, 0.3) is 0 Å². The molecule has 0 spiro atoms. The quantitative estimate of drug-likeness (QED) is 0.805. The number of carbonyl (C=O) groups excluding carboxylic acids is 1. The minimum Gasteiger partial charge on any atom is -0.360 e. The highest BCUT2D eigenvalue weighted by Crippen LogP contribution is 2.29. The standard InChI is InChI=1S/C19H23ClN4O2/c20-18-9-17(26-22-18)6-7-19(25)24-11-14-4-5-16(24)13-23(10-14)12-15-3-1-2-8-21-15/h1-3,8-9,14,16H,4-7,10-13H2. The Morgan fingerprint density at radius 3 is 2.96 bits per heavy atom. The largest absolute Gasteiger partial charge is 0.360 e. The van der Waals surface area contributed by atoms with E-state index in [4.69, 9.17) is 16.1 Å². The van der Waals surface area contributed by atoms with E-state index in [-0.39, 0.29) is 5.91 Å². The molecule has 6 nitrogen and oxygen atoms in total. The van der Waals surface area contributed by atoms with E-state index in [1.54, 1.807) is 6.07 Å². The van der Waals surface area contributed by atoms with Crippen LogP contribution in [0, 0.1) is 5.92 Å². The summed E-state index contributed by atoms with van der Waals surface area (Å²) in [5.74, 6) is 1.41. The van der Waals surface area contributed by atoms with Gasteiger partial charge >= 0.3 is 0 Å². The second-order valence-electron chi connectivity index (χ2n) is 7.27. The molecule has 5 rings (SSSR count). The molecule has 2 bridgehead atoms. The van der Waals surface area contributed by atoms with Crippen LogP contribution >= 0.6 is 11.6 Å². The number of pyridine rings is 1. The molecule has 138 valence electrons. The summed E-state index contributed by atoms with van der Waals surface area (Å²) in [6.07, 6.45) is 5.11. The van der Waals surface area contributed by atoms with Gasteiger partial charge in [0.25, 0.3) is 0 Å². The zero-order valence-electron chi connectivity index (χ0n) is 14.7. The number of amides is 1. The average molecular weight is 375 g/mol. The summed E-state index contributed by atoms with van der Waals surface area (Å²) in [6, 6.07) is 8.01. The van der Waals surface area contributed by atoms with Crippen LogP contribution in [-0.4, -0.2) is 51.5 Å². The number of hydrogen-bond donors (Lipinski definition) is 0. The third kappa shape index (κ3) is 4.07. The molecular formula is C19H23ClN4O2. The fourth-order valence-electron chi connectivity index (χ4n) is 4.11. The molecular weight excluding hydrogens is 352 g/mol. The Labute approximate surface area is 158 Å². The summed E-state index contributed by atoms with van der Waals surface area (Å²) in [5, 5.41) is 4.00. The third-order valence-electron chi connectivity index (χ3n) is 5.34. The second kappa shape index (κ2) is 7.76. The van der Waals surface area contributed by atoms with Crippen LogP contribution in [0.5, 0.6) is 0 Å². The van der Waals surface area contributed by atoms with Crippen molar-refractivity contribution in [3.63, 3.8) is 0 Å². The van der Waals surface area contributed by atoms with Gasteiger partial charge in [-0.05, 0) is 30.9 Å². The Bertz CT molecular complexity index is 751. The van der Waals surface area contributed by atoms with Gasteiger partial charge in [0.2, 0.25) is 5.91 Å². The molecule has 26 heavy (non-hydrogen) atoms. The van der Waals surface area contributed by atoms with Gasteiger partial charge < -0.3 is 9.42 Å². The lowest BCUT2D eigenvalue weighted by atomic mass is 9.94. The first-order chi connectivity index (χ1) is 12.7. The van der Waals surface area contributed by atoms with E-state index in [1.165, 1.54) is 6.42 Å². The van der Waals surface area contributed by atoms with E-state index >= 15 is 0 Å². The molecule has 0 aromatic carbocycles. The number of piperidine rings is 1. The molecule has 3 aliphatic heterocycles. The van der Waals surface area contributed by atoms with Gasteiger partial charge in [0.15, 0.2) is 5.15 Å². The van der Waals surface area contributed by atoms with Crippen LogP contribution in [0.3, 0.4) is 0 Å². The zero-order valence-corrected chi connectivity index (χ0v) is 15.4. The van der Waals surface area contributed by atoms with Crippen molar-refractivity contribution in [3.8, 4) is 0 Å². The van der Waals surface area contributed by atoms with Crippen molar-refractivity contribution in [3.05, 3.63) is 47.1 Å². The van der Waals surface area contributed by atoms with Crippen LogP contribution in [0.1, 0.15) is 30.7 Å². The molecule has 2 unspecified atom stereocenters. The van der Waals surface area contributed by atoms with Crippen LogP contribution in [0.2, 0.25) is 5.15 Å². The van der Waals surface area contributed by atoms with Crippen LogP contribution in [0.4, 0.5) is 0 Å². The summed E-state index contributed by atoms with van der Waals surface area (Å²) in [5.41, 5.74) is 1.09. The predicted octanol–water partition coefficient (Wildman–Crippen LogP) is 2.78. The van der Waals surface area contributed by atoms with Crippen molar-refractivity contribution in [2.45, 2.75) is 38.3 Å². The number of aromatic nitrogens is 2. The molecule has 0 aliphatic carbocycles. The van der Waals surface area contributed by atoms with Gasteiger partial charge in [0.05, 0.1) is 5.69 Å². The Kier molecular flexibility index (Phi) is 5.22. The number of nitrogens with zero attached hydrogens (tertiary/aromatic N) is 4. The van der Waals surface area contributed by atoms with Gasteiger partial charge in [0.1, 0.15) is 5.76 Å². The highest BCUT2D eigenvalue weighted by Gasteiger charge is 2.36. The first-order valence-corrected chi connectivity index (χ1v) is 9.58. The first-order valence-electron chi connectivity index (χ1n) is 9.20. The highest BCUT2D eigenvalue weighted by atomic mass is 35.5. The highest BCUT2D eigenvalue weighted by molar-refractivity contribution is 6.29. The van der Waals surface area contributed by atoms with Crippen LogP contribution in [0.15, 0.2) is 35.0 Å². The summed E-state index contributed by atoms with van der Waals surface area (Å²) in [7, 11) is 0. The first kappa shape index (κ1) is 17.5. The molecule has 0 saturated carbocycles. The molecule has 5 heterocycles. The lowest BCUT2D eigenvalue weighted by Crippen LogP contribution is -2.47. The number of rotatable bonds is 5. The fraction of sp³-hybridized carbons (Fsp3) is 0.526. The van der Waals surface area contributed by atoms with Crippen molar-refractivity contribution < 1.29 is 9.32 Å². The van der Waals surface area contributed by atoms with Crippen molar-refractivity contribution in [2.75, 3.05) is 19.6 Å². The predicted molar refractivity (Wildman–Crippen MR) is 97.6 cm³/mol. The summed E-state index contributed by atoms with van der Waals surface area (Å²) in [4.78, 5) is 21.8. The van der Waals surface area contributed by atoms with Crippen molar-refractivity contribution in [1.29, 1.82) is 0 Å². The number of carbonyl (C=O) groups is 1. The van der Waals surface area contributed by atoms with E-state index < -0.39 is 0 Å². The second-order valence-corrected chi connectivity index (χ2v) is 7.66. The molecule has 0 N–H and O–H groups in total. The van der Waals surface area contributed by atoms with Gasteiger partial charge in [-0.2, -0.15) is 0 Å². The number of hydrogen-bond acceptors (Lipinski definition) is 5. The Hall–Kier alpha value is -1.92. The molecule has 2 atom stereocenters. The Morgan fingerprint density at radius 2 is 2.19 bits per heavy atom. The molecule has 1 amide bonds. The Morgan fingerprint density at radius 1 is 1.27 bits per heavy atom. The van der Waals surface area contributed by atoms with Crippen LogP contribution in [-0.2, 0) is 17.8 Å². The monoisotopic (exact) mass is 374 g/mol. The maximum Gasteiger partial charge on any atom is 0.223 e. The summed E-state index contributed by atoms with van der Waals surface area (Å²) < 4.78 is 5.10. The van der Waals surface area contributed by atoms with Crippen molar-refractivity contribution in [2.24, 2.45) is 5.92 Å². The maximum atomic E-state index is 12.8. The van der Waals surface area contributed by atoms with E-state index in [9.17, 15) is 4.79 Å². The van der Waals surface area contributed by atoms with Crippen molar-refractivity contribution in [1.82, 2.24) is 19.9 Å². The normalized spacial score (nSPS) is 23.2. The minimum atomic E-state index is 0.201. The molecule has 2 aromatic heterocycles. The van der Waals surface area contributed by atoms with Gasteiger partial charge in [0, 0.05) is 57.3 Å². The average Bonchev–Trinajstić information content (AvgIpc) is 2.87. The van der Waals surface area contributed by atoms with E-state index in [2.05, 4.69) is 26.0 Å². The third-order valence-corrected chi connectivity index (χ3v) is 5.51. The van der Waals surface area contributed by atoms with E-state index in [0.29, 0.717) is 35.7 Å². The smallest absolute Gasteiger partial charge is 0.223 e. The zero-order chi connectivity index (χ0) is 17.9. The van der Waals surface area contributed by atoms with Gasteiger partial charge in [-0.25, -0.2) is 0 Å². The van der Waals surface area contributed by atoms with Gasteiger partial charge in [-0.1, -0.05) is 22.8 Å². The molecule has 3 fully saturated rings. The molecule has 2 aromatic rings. The van der Waals surface area contributed by atoms with Crippen molar-refractivity contribution >= 4 is 17.5 Å². The number of halogens is 1. The number of fused-ring (bicyclic) bond motifs is 4. The fourth-order valence-corrected chi connectivity index (χ4v) is 4.27. The lowest BCUT2D eigenvalue weighted by molar-refractivity contribution is -0.135. The van der Waals surface area contributed by atoms with Crippen LogP contribution < -0.4 is 0 Å². The topological polar surface area (TPSA) is 62.5 Å². The van der Waals surface area contributed by atoms with E-state index in [0.717, 1.165) is 38.3 Å². The lowest BCUT2D eigenvalue weighted by Gasteiger charge is -2.36. The SMILES string of the molecule is O=C(CCc1cc(Cl)no1)N1CC2CCC1CN(Cc1ccccn1)C2. The summed E-state index contributed by atoms with van der Waals surface area (Å²) in [6.45, 7) is 3.67. The number of aryl methyl sites for hydroxylation is 1. The van der Waals surface area contributed by atoms with E-state index in [1.807, 2.05) is 18.3 Å². The van der Waals surface area contributed by atoms with Gasteiger partial charge in [-0.3, -0.25) is 14.7 Å².